The summed E-state index contributed by atoms with van der Waals surface area (Å²) >= 11 is 6.92. The quantitative estimate of drug-likeness (QED) is 0.371. The number of Topliss-reactive ketones (excluding diaryl/α,β-unsaturated/α-hetero) is 1. The molecule has 0 bridgehead atoms. The highest BCUT2D eigenvalue weighted by Gasteiger charge is 2.11. The number of thiophene rings is 1. The minimum atomic E-state index is -0.609. The Morgan fingerprint density at radius 1 is 1.19 bits per heavy atom. The van der Waals surface area contributed by atoms with Gasteiger partial charge < -0.3 is 14.2 Å². The van der Waals surface area contributed by atoms with Crippen LogP contribution in [-0.4, -0.2) is 31.6 Å². The number of methoxy groups -OCH3 is 1. The van der Waals surface area contributed by atoms with Crippen LogP contribution in [0.5, 0.6) is 11.5 Å². The minimum absolute atomic E-state index is 0.0241. The zero-order valence-corrected chi connectivity index (χ0v) is 16.2. The van der Waals surface area contributed by atoms with E-state index >= 15 is 0 Å². The van der Waals surface area contributed by atoms with Crippen molar-refractivity contribution >= 4 is 40.8 Å². The van der Waals surface area contributed by atoms with E-state index in [1.165, 1.54) is 6.08 Å². The van der Waals surface area contributed by atoms with Gasteiger partial charge in [0.25, 0.3) is 0 Å². The third kappa shape index (κ3) is 5.89. The van der Waals surface area contributed by atoms with Crippen molar-refractivity contribution in [3.8, 4) is 11.5 Å². The first-order valence-electron chi connectivity index (χ1n) is 7.87. The van der Waals surface area contributed by atoms with E-state index in [0.717, 1.165) is 16.9 Å². The molecule has 0 aliphatic heterocycles. The molecule has 0 spiro atoms. The Hall–Kier alpha value is -2.31. The molecular formula is C19H19ClO5S. The van der Waals surface area contributed by atoms with Crippen LogP contribution in [-0.2, 0) is 9.53 Å². The highest BCUT2D eigenvalue weighted by molar-refractivity contribution is 7.18. The molecule has 0 saturated carbocycles. The molecule has 5 nitrogen and oxygen atoms in total. The van der Waals surface area contributed by atoms with Gasteiger partial charge in [-0.2, -0.15) is 0 Å². The molecule has 0 aliphatic carbocycles. The molecular weight excluding hydrogens is 376 g/mol. The number of hydrogen-bond donors (Lipinski definition) is 0. The molecule has 2 aromatic rings. The first-order chi connectivity index (χ1) is 12.4. The molecule has 26 heavy (non-hydrogen) atoms. The van der Waals surface area contributed by atoms with E-state index in [1.54, 1.807) is 43.5 Å². The molecule has 1 heterocycles. The summed E-state index contributed by atoms with van der Waals surface area (Å²) in [5.41, 5.74) is 0.742. The number of benzene rings is 1. The molecule has 1 aromatic carbocycles. The molecule has 0 saturated heterocycles. The second-order valence-corrected chi connectivity index (χ2v) is 7.26. The highest BCUT2D eigenvalue weighted by atomic mass is 35.5. The van der Waals surface area contributed by atoms with Gasteiger partial charge in [0.2, 0.25) is 5.78 Å². The predicted molar refractivity (Wildman–Crippen MR) is 102 cm³/mol. The van der Waals surface area contributed by atoms with Crippen molar-refractivity contribution in [2.75, 3.05) is 13.7 Å². The van der Waals surface area contributed by atoms with Crippen LogP contribution < -0.4 is 9.47 Å². The third-order valence-corrected chi connectivity index (χ3v) is 4.43. The minimum Gasteiger partial charge on any atom is -0.493 e. The van der Waals surface area contributed by atoms with Crippen LogP contribution in [0.15, 0.2) is 36.4 Å². The largest absolute Gasteiger partial charge is 0.493 e. The smallest absolute Gasteiger partial charge is 0.331 e. The second kappa shape index (κ2) is 9.40. The average Bonchev–Trinajstić information content (AvgIpc) is 3.04. The Morgan fingerprint density at radius 2 is 1.96 bits per heavy atom. The maximum absolute atomic E-state index is 11.9. The van der Waals surface area contributed by atoms with Gasteiger partial charge in [0.1, 0.15) is 0 Å². The van der Waals surface area contributed by atoms with Crippen molar-refractivity contribution in [1.29, 1.82) is 0 Å². The Morgan fingerprint density at radius 3 is 2.58 bits per heavy atom. The molecule has 0 fully saturated rings. The van der Waals surface area contributed by atoms with Gasteiger partial charge in [-0.05, 0) is 49.8 Å². The Balaban J connectivity index is 1.93. The zero-order valence-electron chi connectivity index (χ0n) is 14.7. The molecule has 7 heteroatoms. The first-order valence-corrected chi connectivity index (χ1v) is 9.06. The fourth-order valence-corrected chi connectivity index (χ4v) is 2.99. The van der Waals surface area contributed by atoms with Crippen molar-refractivity contribution in [1.82, 2.24) is 0 Å². The van der Waals surface area contributed by atoms with Gasteiger partial charge in [0, 0.05) is 6.08 Å². The Labute approximate surface area is 161 Å². The summed E-state index contributed by atoms with van der Waals surface area (Å²) in [6.45, 7) is 3.52. The SMILES string of the molecule is COc1cc(/C=C/C(=O)OCC(=O)c2ccc(Cl)s2)ccc1OC(C)C. The predicted octanol–water partition coefficient (Wildman–Crippen LogP) is 4.64. The molecule has 1 aromatic heterocycles. The lowest BCUT2D eigenvalue weighted by Crippen LogP contribution is -2.11. The summed E-state index contributed by atoms with van der Waals surface area (Å²) < 4.78 is 16.4. The lowest BCUT2D eigenvalue weighted by molar-refractivity contribution is -0.136. The van der Waals surface area contributed by atoms with Gasteiger partial charge in [0.05, 0.1) is 22.4 Å². The number of esters is 1. The van der Waals surface area contributed by atoms with Gasteiger partial charge >= 0.3 is 5.97 Å². The van der Waals surface area contributed by atoms with Crippen molar-refractivity contribution < 1.29 is 23.8 Å². The monoisotopic (exact) mass is 394 g/mol. The fraction of sp³-hybridized carbons (Fsp3) is 0.263. The summed E-state index contributed by atoms with van der Waals surface area (Å²) in [5.74, 6) is 0.296. The summed E-state index contributed by atoms with van der Waals surface area (Å²) in [4.78, 5) is 24.1. The maximum atomic E-state index is 11.9. The average molecular weight is 395 g/mol. The van der Waals surface area contributed by atoms with Gasteiger partial charge in [-0.25, -0.2) is 4.79 Å². The first kappa shape index (κ1) is 20.0. The molecule has 138 valence electrons. The number of rotatable bonds is 8. The van der Waals surface area contributed by atoms with E-state index in [9.17, 15) is 9.59 Å². The number of carbonyl (C=O) groups excluding carboxylic acids is 2. The molecule has 0 unspecified atom stereocenters. The second-order valence-electron chi connectivity index (χ2n) is 5.54. The molecule has 0 atom stereocenters. The van der Waals surface area contributed by atoms with E-state index in [-0.39, 0.29) is 18.5 Å². The number of hydrogen-bond acceptors (Lipinski definition) is 6. The fourth-order valence-electron chi connectivity index (χ4n) is 2.02. The number of ketones is 1. The lowest BCUT2D eigenvalue weighted by atomic mass is 10.2. The standard InChI is InChI=1S/C19H19ClO5S/c1-12(2)25-15-6-4-13(10-16(15)23-3)5-9-19(22)24-11-14(21)17-7-8-18(20)26-17/h4-10,12H,11H2,1-3H3/b9-5+. The summed E-state index contributed by atoms with van der Waals surface area (Å²) in [6, 6.07) is 8.55. The normalized spacial score (nSPS) is 11.0. The van der Waals surface area contributed by atoms with Crippen LogP contribution in [0.2, 0.25) is 4.34 Å². The van der Waals surface area contributed by atoms with Crippen LogP contribution in [0.1, 0.15) is 29.1 Å². The van der Waals surface area contributed by atoms with Crippen molar-refractivity contribution in [2.24, 2.45) is 0 Å². The molecule has 0 radical (unpaired) electrons. The van der Waals surface area contributed by atoms with E-state index < -0.39 is 5.97 Å². The summed E-state index contributed by atoms with van der Waals surface area (Å²) in [5, 5.41) is 0. The van der Waals surface area contributed by atoms with Crippen molar-refractivity contribution in [3.05, 3.63) is 51.2 Å². The van der Waals surface area contributed by atoms with Crippen molar-refractivity contribution in [2.45, 2.75) is 20.0 Å². The van der Waals surface area contributed by atoms with E-state index in [4.69, 9.17) is 25.8 Å². The summed E-state index contributed by atoms with van der Waals surface area (Å²) in [7, 11) is 1.55. The maximum Gasteiger partial charge on any atom is 0.331 e. The highest BCUT2D eigenvalue weighted by Crippen LogP contribution is 2.29. The number of carbonyl (C=O) groups is 2. The number of halogens is 1. The van der Waals surface area contributed by atoms with Gasteiger partial charge in [-0.15, -0.1) is 11.3 Å². The molecule has 2 rings (SSSR count). The molecule has 0 amide bonds. The van der Waals surface area contributed by atoms with Crippen LogP contribution in [0, 0.1) is 0 Å². The van der Waals surface area contributed by atoms with Crippen LogP contribution in [0.3, 0.4) is 0 Å². The van der Waals surface area contributed by atoms with Crippen LogP contribution in [0.25, 0.3) is 6.08 Å². The van der Waals surface area contributed by atoms with Gasteiger partial charge in [0.15, 0.2) is 18.1 Å². The van der Waals surface area contributed by atoms with E-state index in [0.29, 0.717) is 20.7 Å². The van der Waals surface area contributed by atoms with E-state index in [2.05, 4.69) is 0 Å². The number of ether oxygens (including phenoxy) is 3. The summed E-state index contributed by atoms with van der Waals surface area (Å²) in [6.07, 6.45) is 2.86. The lowest BCUT2D eigenvalue weighted by Gasteiger charge is -2.13. The van der Waals surface area contributed by atoms with Crippen molar-refractivity contribution in [3.63, 3.8) is 0 Å². The molecule has 0 N–H and O–H groups in total. The third-order valence-electron chi connectivity index (χ3n) is 3.16. The van der Waals surface area contributed by atoms with Crippen LogP contribution in [0.4, 0.5) is 0 Å². The molecule has 0 aliphatic rings. The Kier molecular flexibility index (Phi) is 7.24. The van der Waals surface area contributed by atoms with Gasteiger partial charge in [-0.3, -0.25) is 4.79 Å². The Bertz CT molecular complexity index is 810. The van der Waals surface area contributed by atoms with Crippen LogP contribution >= 0.6 is 22.9 Å². The van der Waals surface area contributed by atoms with E-state index in [1.807, 2.05) is 13.8 Å². The topological polar surface area (TPSA) is 61.8 Å². The van der Waals surface area contributed by atoms with Gasteiger partial charge in [-0.1, -0.05) is 17.7 Å². The zero-order chi connectivity index (χ0) is 19.1.